The number of allylic oxidation sites excluding steroid dienone is 3. The van der Waals surface area contributed by atoms with Crippen molar-refractivity contribution in [3.05, 3.63) is 70.2 Å². The Kier molecular flexibility index (Phi) is 11.3. The number of phenols is 1. The number of ether oxygens (including phenoxy) is 6. The summed E-state index contributed by atoms with van der Waals surface area (Å²) in [6.45, 7) is 11.7. The Morgan fingerprint density at radius 3 is 2.26 bits per heavy atom. The van der Waals surface area contributed by atoms with E-state index in [-0.39, 0.29) is 33.7 Å². The second kappa shape index (κ2) is 15.1. The number of rotatable bonds is 2. The number of methoxy groups -OCH3 is 1. The highest BCUT2D eigenvalue weighted by Crippen LogP contribution is 2.53. The fourth-order valence-electron chi connectivity index (χ4n) is 7.37. The number of aliphatic hydroxyl groups excluding tert-OH is 2. The highest BCUT2D eigenvalue weighted by Gasteiger charge is 2.58. The maximum Gasteiger partial charge on any atom is 0.335 e. The van der Waals surface area contributed by atoms with E-state index < -0.39 is 107 Å². The molecule has 5 aliphatic rings. The Labute approximate surface area is 312 Å². The van der Waals surface area contributed by atoms with E-state index in [0.717, 1.165) is 12.3 Å². The maximum absolute atomic E-state index is 14.3. The lowest BCUT2D eigenvalue weighted by Gasteiger charge is -2.38. The molecule has 1 unspecified atom stereocenters. The predicted molar refractivity (Wildman–Crippen MR) is 189 cm³/mol. The van der Waals surface area contributed by atoms with Crippen molar-refractivity contribution in [1.82, 2.24) is 5.32 Å². The number of phenolic OH excluding ortho intramolecular Hbond substituents is 1. The molecule has 292 valence electrons. The normalized spacial score (nSPS) is 35.1. The van der Waals surface area contributed by atoms with Crippen molar-refractivity contribution >= 4 is 29.4 Å². The standard InChI is InChI=1S/C39H47NO14/c1-17-11-10-12-18(2)37(48)40-24-15-39(51-16-26(42)53-39)29-27(33(24)46)32(45)22(6)35-28(29)36(47)38(8,54-35)50-14-13-25(49-9)19(3)34(52-23(7)41)21(5)31(44)20(4)30(17)43/h10-15,17,19-21,25,30-31,34,43-45H,16H2,1-9H3,(H,40,48)/b11-10?,14-13+,18-12?/t17-,19+,20+,21+,25-,30-,31+,34+,38-,39?/m0/s1. The SMILES string of the molecule is CO[C@H]1/C=C/O[C@@]2(C)Oc3c(C)c(O)c4c(c3C2=O)C2(C=C(NC(=O)C(C)=CC=C[C@H](C)[C@H](O)[C@@H](C)[C@@H](O)[C@@H](C)[C@H](OC(C)=O)[C@@H]1C)C4=O)OCC(=O)O2. The van der Waals surface area contributed by atoms with Crippen LogP contribution >= 0.6 is 0 Å². The van der Waals surface area contributed by atoms with Gasteiger partial charge in [-0.2, -0.15) is 0 Å². The molecule has 15 heteroatoms. The van der Waals surface area contributed by atoms with E-state index in [9.17, 15) is 39.3 Å². The van der Waals surface area contributed by atoms with Crippen LogP contribution in [0.15, 0.2) is 47.9 Å². The fourth-order valence-corrected chi connectivity index (χ4v) is 7.37. The van der Waals surface area contributed by atoms with Gasteiger partial charge < -0.3 is 49.1 Å². The van der Waals surface area contributed by atoms with Crippen LogP contribution < -0.4 is 10.1 Å². The number of nitrogens with one attached hydrogen (secondary N) is 1. The molecular weight excluding hydrogens is 706 g/mol. The summed E-state index contributed by atoms with van der Waals surface area (Å²) < 4.78 is 34.8. The lowest BCUT2D eigenvalue weighted by Crippen LogP contribution is -2.46. The van der Waals surface area contributed by atoms with Gasteiger partial charge in [0.05, 0.1) is 47.0 Å². The second-order valence-electron chi connectivity index (χ2n) is 14.4. The van der Waals surface area contributed by atoms with Gasteiger partial charge in [-0.05, 0) is 19.9 Å². The Bertz CT molecular complexity index is 1880. The van der Waals surface area contributed by atoms with Crippen LogP contribution in [0.3, 0.4) is 0 Å². The van der Waals surface area contributed by atoms with E-state index in [1.165, 1.54) is 47.0 Å². The fraction of sp³-hybridized carbons (Fsp3) is 0.513. The van der Waals surface area contributed by atoms with E-state index in [1.807, 2.05) is 0 Å². The maximum atomic E-state index is 14.3. The first kappa shape index (κ1) is 40.4. The summed E-state index contributed by atoms with van der Waals surface area (Å²) in [5.41, 5.74) is -1.23. The molecule has 4 N–H and O–H groups in total. The number of ketones is 2. The Morgan fingerprint density at radius 1 is 0.963 bits per heavy atom. The first-order valence-electron chi connectivity index (χ1n) is 17.6. The molecule has 5 bridgehead atoms. The summed E-state index contributed by atoms with van der Waals surface area (Å²) in [5, 5.41) is 36.6. The monoisotopic (exact) mass is 753 g/mol. The topological polar surface area (TPSA) is 213 Å². The third-order valence-electron chi connectivity index (χ3n) is 10.6. The zero-order chi connectivity index (χ0) is 40.0. The molecule has 4 heterocycles. The van der Waals surface area contributed by atoms with Crippen molar-refractivity contribution in [3.63, 3.8) is 0 Å². The molecule has 4 aliphatic heterocycles. The van der Waals surface area contributed by atoms with Crippen LogP contribution in [0.5, 0.6) is 11.5 Å². The summed E-state index contributed by atoms with van der Waals surface area (Å²) in [6.07, 6.45) is 4.41. The van der Waals surface area contributed by atoms with Crippen LogP contribution in [0.25, 0.3) is 0 Å². The van der Waals surface area contributed by atoms with Gasteiger partial charge in [0.15, 0.2) is 0 Å². The minimum absolute atomic E-state index is 0.00812. The second-order valence-corrected chi connectivity index (χ2v) is 14.4. The Morgan fingerprint density at radius 2 is 1.65 bits per heavy atom. The van der Waals surface area contributed by atoms with Crippen molar-refractivity contribution in [2.75, 3.05) is 13.7 Å². The third kappa shape index (κ3) is 7.08. The zero-order valence-corrected chi connectivity index (χ0v) is 31.6. The molecule has 1 aliphatic carbocycles. The number of fused-ring (bicyclic) bond motifs is 13. The molecule has 54 heavy (non-hydrogen) atoms. The van der Waals surface area contributed by atoms with Gasteiger partial charge in [-0.1, -0.05) is 45.9 Å². The third-order valence-corrected chi connectivity index (χ3v) is 10.6. The van der Waals surface area contributed by atoms with Gasteiger partial charge in [0.25, 0.3) is 17.5 Å². The van der Waals surface area contributed by atoms with Gasteiger partial charge in [-0.25, -0.2) is 4.79 Å². The largest absolute Gasteiger partial charge is 0.507 e. The summed E-state index contributed by atoms with van der Waals surface area (Å²) in [5.74, 6) is -11.4. The Hall–Kier alpha value is -4.83. The minimum atomic E-state index is -2.21. The van der Waals surface area contributed by atoms with Crippen molar-refractivity contribution in [2.24, 2.45) is 23.7 Å². The summed E-state index contributed by atoms with van der Waals surface area (Å²) in [4.78, 5) is 66.6. The van der Waals surface area contributed by atoms with E-state index in [2.05, 4.69) is 5.32 Å². The van der Waals surface area contributed by atoms with Crippen molar-refractivity contribution in [2.45, 2.75) is 91.4 Å². The molecule has 1 saturated heterocycles. The first-order chi connectivity index (χ1) is 25.3. The van der Waals surface area contributed by atoms with Gasteiger partial charge in [0.2, 0.25) is 5.78 Å². The number of esters is 2. The van der Waals surface area contributed by atoms with Crippen molar-refractivity contribution < 1.29 is 67.7 Å². The molecule has 10 atom stereocenters. The summed E-state index contributed by atoms with van der Waals surface area (Å²) in [7, 11) is 1.42. The average molecular weight is 754 g/mol. The number of aromatic hydroxyl groups is 1. The molecule has 1 fully saturated rings. The minimum Gasteiger partial charge on any atom is -0.507 e. The molecule has 1 amide bonds. The molecule has 15 nitrogen and oxygen atoms in total. The van der Waals surface area contributed by atoms with Crippen molar-refractivity contribution in [1.29, 1.82) is 0 Å². The van der Waals surface area contributed by atoms with Crippen LogP contribution in [0, 0.1) is 30.6 Å². The van der Waals surface area contributed by atoms with E-state index in [0.29, 0.717) is 0 Å². The molecule has 6 rings (SSSR count). The number of benzene rings is 1. The lowest BCUT2D eigenvalue weighted by molar-refractivity contribution is -0.161. The van der Waals surface area contributed by atoms with Gasteiger partial charge in [-0.15, -0.1) is 0 Å². The molecule has 0 saturated carbocycles. The molecule has 1 spiro atoms. The van der Waals surface area contributed by atoms with Crippen LogP contribution in [-0.2, 0) is 43.9 Å². The van der Waals surface area contributed by atoms with E-state index in [1.54, 1.807) is 39.8 Å². The smallest absolute Gasteiger partial charge is 0.335 e. The van der Waals surface area contributed by atoms with E-state index in [4.69, 9.17) is 28.4 Å². The summed E-state index contributed by atoms with van der Waals surface area (Å²) >= 11 is 0. The highest BCUT2D eigenvalue weighted by atomic mass is 16.8. The average Bonchev–Trinajstić information content (AvgIpc) is 3.62. The van der Waals surface area contributed by atoms with Crippen LogP contribution in [0.1, 0.15) is 80.3 Å². The number of carbonyl (C=O) groups is 5. The molecule has 1 aromatic rings. The van der Waals surface area contributed by atoms with Gasteiger partial charge in [0.1, 0.15) is 24.2 Å². The van der Waals surface area contributed by atoms with Crippen LogP contribution in [0.2, 0.25) is 0 Å². The number of carbonyl (C=O) groups excluding carboxylic acids is 5. The molecule has 1 aromatic carbocycles. The van der Waals surface area contributed by atoms with Crippen molar-refractivity contribution in [3.8, 4) is 11.5 Å². The quantitative estimate of drug-likeness (QED) is 0.320. The zero-order valence-electron chi connectivity index (χ0n) is 31.6. The molecular formula is C39H47NO14. The predicted octanol–water partition coefficient (Wildman–Crippen LogP) is 3.17. The number of hydrogen-bond donors (Lipinski definition) is 4. The molecule has 0 radical (unpaired) electrons. The van der Waals surface area contributed by atoms with Gasteiger partial charge >= 0.3 is 17.7 Å². The van der Waals surface area contributed by atoms with Gasteiger partial charge in [0, 0.05) is 61.8 Å². The Balaban J connectivity index is 1.66. The number of amides is 1. The van der Waals surface area contributed by atoms with Crippen LogP contribution in [-0.4, -0.2) is 88.7 Å². The van der Waals surface area contributed by atoms with Gasteiger partial charge in [-0.3, -0.25) is 19.2 Å². The number of aliphatic hydroxyl groups is 2. The molecule has 0 aromatic heterocycles. The summed E-state index contributed by atoms with van der Waals surface area (Å²) in [6, 6.07) is 0. The van der Waals surface area contributed by atoms with E-state index >= 15 is 0 Å². The number of Topliss-reactive ketones (excluding diaryl/α,β-unsaturated/α-hetero) is 2. The number of hydrogen-bond acceptors (Lipinski definition) is 14. The first-order valence-corrected chi connectivity index (χ1v) is 17.6. The highest BCUT2D eigenvalue weighted by molar-refractivity contribution is 6.19. The van der Waals surface area contributed by atoms with Crippen LogP contribution in [0.4, 0.5) is 0 Å². The lowest BCUT2D eigenvalue weighted by atomic mass is 9.78.